The fourth-order valence-electron chi connectivity index (χ4n) is 5.85. The molecule has 0 bridgehead atoms. The molecule has 1 aromatic heterocycles. The van der Waals surface area contributed by atoms with Gasteiger partial charge in [0.2, 0.25) is 0 Å². The van der Waals surface area contributed by atoms with Crippen LogP contribution in [0.5, 0.6) is 0 Å². The van der Waals surface area contributed by atoms with E-state index in [2.05, 4.69) is 19.9 Å². The van der Waals surface area contributed by atoms with Crippen LogP contribution in [0.3, 0.4) is 0 Å². The number of Topliss-reactive ketones (excluding diaryl/α,β-unsaturated/α-hetero) is 1. The summed E-state index contributed by atoms with van der Waals surface area (Å²) in [6, 6.07) is 9.52. The molecule has 1 atom stereocenters. The molecule has 2 heterocycles. The van der Waals surface area contributed by atoms with Crippen molar-refractivity contribution in [2.24, 2.45) is 11.1 Å². The van der Waals surface area contributed by atoms with Gasteiger partial charge in [-0.1, -0.05) is 37.6 Å². The Balaban J connectivity index is 1.79. The van der Waals surface area contributed by atoms with Crippen molar-refractivity contribution in [2.75, 3.05) is 11.5 Å². The molecule has 5 rings (SSSR count). The molecule has 0 spiro atoms. The summed E-state index contributed by atoms with van der Waals surface area (Å²) in [5, 5.41) is 11.6. The fourth-order valence-corrected chi connectivity index (χ4v) is 7.39. The Hall–Kier alpha value is -3.08. The molecule has 8 heteroatoms. The molecular formula is C29H30ClN3O3S. The molecule has 2 aromatic rings. The van der Waals surface area contributed by atoms with Crippen LogP contribution in [-0.2, 0) is 22.4 Å². The summed E-state index contributed by atoms with van der Waals surface area (Å²) < 4.78 is 5.50. The fraction of sp³-hybridized carbons (Fsp3) is 0.414. The number of aryl methyl sites for hydroxylation is 1. The lowest BCUT2D eigenvalue weighted by atomic mass is 9.68. The van der Waals surface area contributed by atoms with E-state index in [0.717, 1.165) is 47.4 Å². The van der Waals surface area contributed by atoms with Gasteiger partial charge < -0.3 is 10.5 Å². The molecule has 1 aromatic carbocycles. The van der Waals surface area contributed by atoms with E-state index in [-0.39, 0.29) is 29.6 Å². The Bertz CT molecular complexity index is 1390. The van der Waals surface area contributed by atoms with Crippen LogP contribution < -0.4 is 10.6 Å². The maximum atomic E-state index is 13.8. The standard InChI is InChI=1S/C29H30ClN3O3S/c1-4-36-28(35)24-18-7-5-6-8-22(18)37-27(24)33-20-13-29(2,3)14-21(34)25(20)23(19(15-31)26(33)32)16-9-11-17(30)12-10-16/h9-12,23H,4-8,13-14,32H2,1-3H3. The van der Waals surface area contributed by atoms with Crippen LogP contribution in [0.4, 0.5) is 5.00 Å². The number of carbonyl (C=O) groups excluding carboxylic acids is 2. The van der Waals surface area contributed by atoms with Gasteiger partial charge in [0.15, 0.2) is 5.78 Å². The number of thiophene rings is 1. The van der Waals surface area contributed by atoms with Gasteiger partial charge in [-0.3, -0.25) is 9.69 Å². The van der Waals surface area contributed by atoms with Gasteiger partial charge in [-0.25, -0.2) is 4.79 Å². The van der Waals surface area contributed by atoms with Crippen molar-refractivity contribution in [3.63, 3.8) is 0 Å². The predicted molar refractivity (Wildman–Crippen MR) is 145 cm³/mol. The number of nitrogens with two attached hydrogens (primary N) is 1. The first-order chi connectivity index (χ1) is 17.7. The molecular weight excluding hydrogens is 506 g/mol. The summed E-state index contributed by atoms with van der Waals surface area (Å²) in [7, 11) is 0. The Kier molecular flexibility index (Phi) is 6.68. The third-order valence-electron chi connectivity index (χ3n) is 7.42. The smallest absolute Gasteiger partial charge is 0.341 e. The average molecular weight is 536 g/mol. The minimum atomic E-state index is -0.585. The number of anilines is 1. The van der Waals surface area contributed by atoms with E-state index in [4.69, 9.17) is 22.1 Å². The molecule has 2 N–H and O–H groups in total. The lowest BCUT2D eigenvalue weighted by Crippen LogP contribution is -2.42. The van der Waals surface area contributed by atoms with Crippen molar-refractivity contribution >= 4 is 39.7 Å². The first kappa shape index (κ1) is 25.6. The molecule has 0 radical (unpaired) electrons. The number of hydrogen-bond donors (Lipinski definition) is 1. The number of nitriles is 1. The van der Waals surface area contributed by atoms with E-state index < -0.39 is 5.92 Å². The van der Waals surface area contributed by atoms with Gasteiger partial charge in [0.1, 0.15) is 10.8 Å². The number of halogens is 1. The number of esters is 1. The minimum absolute atomic E-state index is 0.00421. The largest absolute Gasteiger partial charge is 0.462 e. The normalized spacial score (nSPS) is 20.9. The molecule has 0 saturated heterocycles. The zero-order valence-corrected chi connectivity index (χ0v) is 22.9. The number of benzene rings is 1. The topological polar surface area (TPSA) is 96.4 Å². The lowest BCUT2D eigenvalue weighted by Gasteiger charge is -2.43. The predicted octanol–water partition coefficient (Wildman–Crippen LogP) is 6.40. The molecule has 1 unspecified atom stereocenters. The van der Waals surface area contributed by atoms with Crippen LogP contribution in [0, 0.1) is 16.7 Å². The van der Waals surface area contributed by atoms with Crippen molar-refractivity contribution in [2.45, 2.75) is 65.2 Å². The first-order valence-electron chi connectivity index (χ1n) is 12.7. The van der Waals surface area contributed by atoms with E-state index in [1.807, 2.05) is 17.0 Å². The Morgan fingerprint density at radius 2 is 1.95 bits per heavy atom. The minimum Gasteiger partial charge on any atom is -0.462 e. The maximum absolute atomic E-state index is 13.8. The Morgan fingerprint density at radius 3 is 2.62 bits per heavy atom. The third kappa shape index (κ3) is 4.36. The second-order valence-corrected chi connectivity index (χ2v) is 12.2. The molecule has 0 saturated carbocycles. The summed E-state index contributed by atoms with van der Waals surface area (Å²) in [5.74, 6) is -0.712. The van der Waals surface area contributed by atoms with E-state index >= 15 is 0 Å². The van der Waals surface area contributed by atoms with Crippen molar-refractivity contribution in [3.05, 3.63) is 73.5 Å². The molecule has 0 fully saturated rings. The highest BCUT2D eigenvalue weighted by Crippen LogP contribution is 2.53. The number of nitrogens with zero attached hydrogens (tertiary/aromatic N) is 2. The van der Waals surface area contributed by atoms with Crippen LogP contribution in [0.15, 0.2) is 46.9 Å². The highest BCUT2D eigenvalue weighted by molar-refractivity contribution is 7.16. The zero-order valence-electron chi connectivity index (χ0n) is 21.3. The van der Waals surface area contributed by atoms with Crippen molar-refractivity contribution in [1.29, 1.82) is 5.26 Å². The van der Waals surface area contributed by atoms with Gasteiger partial charge in [-0.15, -0.1) is 11.3 Å². The molecule has 3 aliphatic rings. The SMILES string of the molecule is CCOC(=O)c1c(N2C(N)=C(C#N)C(c3ccc(Cl)cc3)C3=C2CC(C)(C)CC3=O)sc2c1CCCC2. The summed E-state index contributed by atoms with van der Waals surface area (Å²) >= 11 is 7.68. The van der Waals surface area contributed by atoms with Gasteiger partial charge in [0.05, 0.1) is 29.7 Å². The monoisotopic (exact) mass is 535 g/mol. The first-order valence-corrected chi connectivity index (χ1v) is 13.9. The van der Waals surface area contributed by atoms with Crippen LogP contribution in [0.1, 0.15) is 78.7 Å². The molecule has 6 nitrogen and oxygen atoms in total. The number of hydrogen-bond acceptors (Lipinski definition) is 7. The molecule has 1 aliphatic heterocycles. The van der Waals surface area contributed by atoms with E-state index in [0.29, 0.717) is 39.6 Å². The second-order valence-electron chi connectivity index (χ2n) is 10.6. The van der Waals surface area contributed by atoms with Gasteiger partial charge in [0.25, 0.3) is 0 Å². The highest BCUT2D eigenvalue weighted by Gasteiger charge is 2.46. The lowest BCUT2D eigenvalue weighted by molar-refractivity contribution is -0.118. The molecule has 2 aliphatic carbocycles. The average Bonchev–Trinajstić information content (AvgIpc) is 3.22. The number of allylic oxidation sites excluding steroid dienone is 3. The van der Waals surface area contributed by atoms with Gasteiger partial charge >= 0.3 is 5.97 Å². The summed E-state index contributed by atoms with van der Waals surface area (Å²) in [6.45, 7) is 6.18. The number of carbonyl (C=O) groups is 2. The van der Waals surface area contributed by atoms with Gasteiger partial charge in [-0.2, -0.15) is 5.26 Å². The van der Waals surface area contributed by atoms with E-state index in [1.165, 1.54) is 11.3 Å². The number of fused-ring (bicyclic) bond motifs is 1. The van der Waals surface area contributed by atoms with E-state index in [9.17, 15) is 14.9 Å². The van der Waals surface area contributed by atoms with Crippen LogP contribution in [0.25, 0.3) is 0 Å². The second kappa shape index (κ2) is 9.66. The van der Waals surface area contributed by atoms with Crippen LogP contribution in [0.2, 0.25) is 5.02 Å². The van der Waals surface area contributed by atoms with Gasteiger partial charge in [-0.05, 0) is 67.7 Å². The van der Waals surface area contributed by atoms with Crippen molar-refractivity contribution in [1.82, 2.24) is 0 Å². The van der Waals surface area contributed by atoms with Gasteiger partial charge in [0, 0.05) is 27.6 Å². The number of rotatable bonds is 4. The zero-order chi connectivity index (χ0) is 26.5. The Labute approximate surface area is 226 Å². The van der Waals surface area contributed by atoms with Crippen LogP contribution >= 0.6 is 22.9 Å². The van der Waals surface area contributed by atoms with E-state index in [1.54, 1.807) is 19.1 Å². The van der Waals surface area contributed by atoms with Crippen molar-refractivity contribution in [3.8, 4) is 6.07 Å². The maximum Gasteiger partial charge on any atom is 0.341 e. The number of ketones is 1. The molecule has 37 heavy (non-hydrogen) atoms. The third-order valence-corrected chi connectivity index (χ3v) is 8.95. The Morgan fingerprint density at radius 1 is 1.24 bits per heavy atom. The van der Waals surface area contributed by atoms with Crippen molar-refractivity contribution < 1.29 is 14.3 Å². The highest BCUT2D eigenvalue weighted by atomic mass is 35.5. The molecule has 0 amide bonds. The van der Waals surface area contributed by atoms with Crippen LogP contribution in [-0.4, -0.2) is 18.4 Å². The summed E-state index contributed by atoms with van der Waals surface area (Å²) in [4.78, 5) is 30.1. The summed E-state index contributed by atoms with van der Waals surface area (Å²) in [5.41, 5.74) is 10.5. The number of ether oxygens (including phenoxy) is 1. The molecule has 192 valence electrons. The quantitative estimate of drug-likeness (QED) is 0.455. The summed E-state index contributed by atoms with van der Waals surface area (Å²) in [6.07, 6.45) is 4.70.